The monoisotopic (exact) mass is 385 g/mol. The Morgan fingerprint density at radius 1 is 1.18 bits per heavy atom. The molecule has 1 N–H and O–H groups in total. The molecule has 0 amide bonds. The number of dihydropyridines is 1. The Hall–Kier alpha value is -2.76. The van der Waals surface area contributed by atoms with E-state index in [0.717, 1.165) is 24.1 Å². The summed E-state index contributed by atoms with van der Waals surface area (Å²) in [5, 5.41) is 3.28. The van der Waals surface area contributed by atoms with Crippen molar-refractivity contribution in [3.63, 3.8) is 0 Å². The van der Waals surface area contributed by atoms with Crippen LogP contribution in [0.2, 0.25) is 0 Å². The van der Waals surface area contributed by atoms with Crippen molar-refractivity contribution in [1.29, 1.82) is 0 Å². The second-order valence-electron chi connectivity index (χ2n) is 7.33. The van der Waals surface area contributed by atoms with Gasteiger partial charge in [0.25, 0.3) is 0 Å². The third kappa shape index (κ3) is 3.63. The van der Waals surface area contributed by atoms with E-state index < -0.39 is 11.9 Å². The summed E-state index contributed by atoms with van der Waals surface area (Å²) >= 11 is 0. The minimum atomic E-state index is -0.555. The highest BCUT2D eigenvalue weighted by molar-refractivity contribution is 6.04. The summed E-state index contributed by atoms with van der Waals surface area (Å²) in [6, 6.07) is 5.42. The molecule has 0 aromatic heterocycles. The zero-order valence-electron chi connectivity index (χ0n) is 17.0. The van der Waals surface area contributed by atoms with E-state index in [9.17, 15) is 9.59 Å². The van der Waals surface area contributed by atoms with E-state index in [2.05, 4.69) is 5.32 Å². The van der Waals surface area contributed by atoms with Gasteiger partial charge in [-0.3, -0.25) is 4.79 Å². The molecule has 1 atom stereocenters. The Morgan fingerprint density at radius 3 is 2.57 bits per heavy atom. The van der Waals surface area contributed by atoms with Crippen LogP contribution in [0.1, 0.15) is 51.5 Å². The summed E-state index contributed by atoms with van der Waals surface area (Å²) < 4.78 is 16.5. The molecule has 1 heterocycles. The van der Waals surface area contributed by atoms with Crippen molar-refractivity contribution < 1.29 is 23.8 Å². The Balaban J connectivity index is 2.23. The third-order valence-electron chi connectivity index (χ3n) is 5.09. The molecule has 1 aromatic carbocycles. The lowest BCUT2D eigenvalue weighted by atomic mass is 9.75. The lowest BCUT2D eigenvalue weighted by Crippen LogP contribution is -2.35. The Bertz CT molecular complexity index is 866. The number of nitrogens with one attached hydrogen (secondary N) is 1. The van der Waals surface area contributed by atoms with E-state index in [1.807, 2.05) is 26.8 Å². The quantitative estimate of drug-likeness (QED) is 0.781. The van der Waals surface area contributed by atoms with Crippen molar-refractivity contribution in [2.45, 2.75) is 52.1 Å². The molecule has 0 radical (unpaired) electrons. The highest BCUT2D eigenvalue weighted by atomic mass is 16.5. The SMILES string of the molecule is COc1ccc(OC)c([C@@H]2C(C(=O)OC(C)C)=C(C)NC3=C2C(=O)CCC3)c1. The van der Waals surface area contributed by atoms with Gasteiger partial charge in [-0.15, -0.1) is 0 Å². The molecule has 28 heavy (non-hydrogen) atoms. The maximum Gasteiger partial charge on any atom is 0.337 e. The number of esters is 1. The Labute approximate surface area is 165 Å². The number of ketones is 1. The molecule has 1 aliphatic carbocycles. The standard InChI is InChI=1S/C22H27NO5/c1-12(2)28-22(25)19-13(3)23-16-7-6-8-17(24)21(16)20(19)15-11-14(26-4)9-10-18(15)27-5/h9-12,20,23H,6-8H2,1-5H3/t20-/m1/s1. The summed E-state index contributed by atoms with van der Waals surface area (Å²) in [6.45, 7) is 5.46. The summed E-state index contributed by atoms with van der Waals surface area (Å²) in [6.07, 6.45) is 1.77. The van der Waals surface area contributed by atoms with Gasteiger partial charge in [-0.25, -0.2) is 4.79 Å². The molecule has 0 fully saturated rings. The molecule has 2 aliphatic rings. The number of carbonyl (C=O) groups excluding carboxylic acids is 2. The molecule has 150 valence electrons. The van der Waals surface area contributed by atoms with Crippen molar-refractivity contribution in [2.75, 3.05) is 14.2 Å². The lowest BCUT2D eigenvalue weighted by Gasteiger charge is -2.35. The number of ether oxygens (including phenoxy) is 3. The average molecular weight is 385 g/mol. The van der Waals surface area contributed by atoms with Crippen LogP contribution in [0.4, 0.5) is 0 Å². The van der Waals surface area contributed by atoms with Gasteiger partial charge in [-0.2, -0.15) is 0 Å². The first-order valence-corrected chi connectivity index (χ1v) is 9.54. The molecule has 0 bridgehead atoms. The molecular formula is C22H27NO5. The van der Waals surface area contributed by atoms with Gasteiger partial charge in [0.05, 0.1) is 31.8 Å². The van der Waals surface area contributed by atoms with Gasteiger partial charge in [0.1, 0.15) is 11.5 Å². The predicted octanol–water partition coefficient (Wildman–Crippen LogP) is 3.62. The van der Waals surface area contributed by atoms with Crippen LogP contribution >= 0.6 is 0 Å². The van der Waals surface area contributed by atoms with E-state index in [1.54, 1.807) is 26.4 Å². The minimum Gasteiger partial charge on any atom is -0.497 e. The van der Waals surface area contributed by atoms with Crippen molar-refractivity contribution in [3.05, 3.63) is 46.3 Å². The number of hydrogen-bond acceptors (Lipinski definition) is 6. The van der Waals surface area contributed by atoms with Crippen LogP contribution in [0, 0.1) is 0 Å². The Kier molecular flexibility index (Phi) is 5.77. The summed E-state index contributed by atoms with van der Waals surface area (Å²) in [5.41, 5.74) is 3.37. The summed E-state index contributed by atoms with van der Waals surface area (Å²) in [7, 11) is 3.16. The largest absolute Gasteiger partial charge is 0.497 e. The number of Topliss-reactive ketones (excluding diaryl/α,β-unsaturated/α-hetero) is 1. The molecule has 3 rings (SSSR count). The smallest absolute Gasteiger partial charge is 0.337 e. The number of allylic oxidation sites excluding steroid dienone is 3. The number of carbonyl (C=O) groups is 2. The van der Waals surface area contributed by atoms with Crippen LogP contribution in [0.3, 0.4) is 0 Å². The maximum atomic E-state index is 13.0. The van der Waals surface area contributed by atoms with E-state index in [-0.39, 0.29) is 11.9 Å². The zero-order valence-corrected chi connectivity index (χ0v) is 17.0. The molecule has 1 aliphatic heterocycles. The second-order valence-corrected chi connectivity index (χ2v) is 7.33. The van der Waals surface area contributed by atoms with Crippen LogP contribution in [0.5, 0.6) is 11.5 Å². The van der Waals surface area contributed by atoms with Gasteiger partial charge < -0.3 is 19.5 Å². The van der Waals surface area contributed by atoms with Crippen molar-refractivity contribution >= 4 is 11.8 Å². The van der Waals surface area contributed by atoms with Crippen molar-refractivity contribution in [3.8, 4) is 11.5 Å². The predicted molar refractivity (Wildman–Crippen MR) is 105 cm³/mol. The van der Waals surface area contributed by atoms with Crippen LogP contribution < -0.4 is 14.8 Å². The second kappa shape index (κ2) is 8.09. The Morgan fingerprint density at radius 2 is 1.93 bits per heavy atom. The molecule has 0 saturated carbocycles. The van der Waals surface area contributed by atoms with Gasteiger partial charge in [0.15, 0.2) is 5.78 Å². The normalized spacial score (nSPS) is 19.4. The average Bonchev–Trinajstić information content (AvgIpc) is 2.65. The van der Waals surface area contributed by atoms with Crippen LogP contribution in [0.25, 0.3) is 0 Å². The molecule has 0 saturated heterocycles. The van der Waals surface area contributed by atoms with Gasteiger partial charge in [-0.1, -0.05) is 0 Å². The minimum absolute atomic E-state index is 0.0472. The van der Waals surface area contributed by atoms with Gasteiger partial charge >= 0.3 is 5.97 Å². The lowest BCUT2D eigenvalue weighted by molar-refractivity contribution is -0.143. The number of benzene rings is 1. The zero-order chi connectivity index (χ0) is 20.4. The molecule has 0 spiro atoms. The van der Waals surface area contributed by atoms with Crippen LogP contribution in [-0.4, -0.2) is 32.1 Å². The first-order valence-electron chi connectivity index (χ1n) is 9.54. The first kappa shape index (κ1) is 20.0. The fourth-order valence-electron chi connectivity index (χ4n) is 3.91. The van der Waals surface area contributed by atoms with Gasteiger partial charge in [-0.05, 0) is 51.8 Å². The maximum absolute atomic E-state index is 13.0. The number of rotatable bonds is 5. The van der Waals surface area contributed by atoms with Crippen molar-refractivity contribution in [2.24, 2.45) is 0 Å². The van der Waals surface area contributed by atoms with E-state index in [1.165, 1.54) is 0 Å². The molecule has 0 unspecified atom stereocenters. The number of hydrogen-bond donors (Lipinski definition) is 1. The first-order chi connectivity index (χ1) is 13.4. The van der Waals surface area contributed by atoms with Gasteiger partial charge in [0.2, 0.25) is 0 Å². The van der Waals surface area contributed by atoms with Gasteiger partial charge in [0, 0.05) is 29.0 Å². The van der Waals surface area contributed by atoms with Crippen LogP contribution in [-0.2, 0) is 14.3 Å². The van der Waals surface area contributed by atoms with E-state index in [0.29, 0.717) is 34.8 Å². The molecule has 6 nitrogen and oxygen atoms in total. The molecular weight excluding hydrogens is 358 g/mol. The summed E-state index contributed by atoms with van der Waals surface area (Å²) in [5.74, 6) is 0.292. The van der Waals surface area contributed by atoms with Crippen LogP contribution in [0.15, 0.2) is 40.7 Å². The van der Waals surface area contributed by atoms with E-state index in [4.69, 9.17) is 14.2 Å². The topological polar surface area (TPSA) is 73.9 Å². The number of methoxy groups -OCH3 is 2. The summed E-state index contributed by atoms with van der Waals surface area (Å²) in [4.78, 5) is 25.9. The molecule has 1 aromatic rings. The highest BCUT2D eigenvalue weighted by Gasteiger charge is 2.40. The van der Waals surface area contributed by atoms with Crippen molar-refractivity contribution in [1.82, 2.24) is 5.32 Å². The fraction of sp³-hybridized carbons (Fsp3) is 0.455. The fourth-order valence-corrected chi connectivity index (χ4v) is 3.91. The third-order valence-corrected chi connectivity index (χ3v) is 5.09. The highest BCUT2D eigenvalue weighted by Crippen LogP contribution is 2.46. The van der Waals surface area contributed by atoms with E-state index >= 15 is 0 Å². The molecule has 6 heteroatoms.